The van der Waals surface area contributed by atoms with Gasteiger partial charge in [-0.25, -0.2) is 14.8 Å². The Labute approximate surface area is 286 Å². The topological polar surface area (TPSA) is 129 Å². The van der Waals surface area contributed by atoms with E-state index in [1.165, 1.54) is 12.4 Å². The Hall–Kier alpha value is -3.68. The molecule has 2 saturated carbocycles. The maximum absolute atomic E-state index is 13.9. The van der Waals surface area contributed by atoms with E-state index in [1.54, 1.807) is 0 Å². The first-order chi connectivity index (χ1) is 23.0. The normalized spacial score (nSPS) is 26.7. The predicted molar refractivity (Wildman–Crippen MR) is 180 cm³/mol. The number of nitrogens with zero attached hydrogens (tertiary/aromatic N) is 4. The number of alkyl carbamates (subject to hydrolysis) is 1. The first-order valence-corrected chi connectivity index (χ1v) is 17.4. The molecule has 5 rings (SSSR count). The summed E-state index contributed by atoms with van der Waals surface area (Å²) in [6, 6.07) is 2.63. The third kappa shape index (κ3) is 8.92. The summed E-state index contributed by atoms with van der Waals surface area (Å²) in [4.78, 5) is 52.3. The summed E-state index contributed by atoms with van der Waals surface area (Å²) in [7, 11) is 2.09. The van der Waals surface area contributed by atoms with Gasteiger partial charge in [0.15, 0.2) is 0 Å². The molecule has 1 aromatic heterocycles. The molecule has 270 valence electrons. The number of ether oxygens (including phenoxy) is 1. The molecule has 0 radical (unpaired) electrons. The molecular weight excluding hydrogens is 639 g/mol. The van der Waals surface area contributed by atoms with Crippen molar-refractivity contribution in [2.45, 2.75) is 134 Å². The van der Waals surface area contributed by atoms with Crippen molar-refractivity contribution < 1.29 is 32.3 Å². The number of fused-ring (bicyclic) bond motifs is 1. The highest BCUT2D eigenvalue weighted by atomic mass is 19.4. The van der Waals surface area contributed by atoms with E-state index >= 15 is 0 Å². The minimum absolute atomic E-state index is 0.0344. The van der Waals surface area contributed by atoms with Crippen molar-refractivity contribution in [3.63, 3.8) is 0 Å². The van der Waals surface area contributed by atoms with Crippen molar-refractivity contribution in [1.82, 2.24) is 30.4 Å². The van der Waals surface area contributed by atoms with E-state index in [2.05, 4.69) is 51.7 Å². The number of likely N-dealkylation sites (tertiary alicyclic amines) is 1. The number of nitrogens with one attached hydrogen (secondary N) is 3. The number of hydrogen-bond acceptors (Lipinski definition) is 8. The Balaban J connectivity index is 1.26. The van der Waals surface area contributed by atoms with Gasteiger partial charge in [-0.15, -0.1) is 0 Å². The van der Waals surface area contributed by atoms with Crippen LogP contribution in [0.3, 0.4) is 0 Å². The summed E-state index contributed by atoms with van der Waals surface area (Å²) in [5, 5.41) is 9.58. The highest BCUT2D eigenvalue weighted by Crippen LogP contribution is 2.35. The van der Waals surface area contributed by atoms with Crippen molar-refractivity contribution in [3.05, 3.63) is 30.1 Å². The maximum atomic E-state index is 13.9. The zero-order valence-electron chi connectivity index (χ0n) is 29.3. The Morgan fingerprint density at radius 2 is 1.71 bits per heavy atom. The molecule has 4 atom stereocenters. The highest BCUT2D eigenvalue weighted by Gasteiger charge is 2.44. The van der Waals surface area contributed by atoms with Crippen LogP contribution in [0.25, 0.3) is 10.9 Å². The van der Waals surface area contributed by atoms with Crippen LogP contribution < -0.4 is 16.0 Å². The summed E-state index contributed by atoms with van der Waals surface area (Å²) in [6.45, 7) is 10.2. The summed E-state index contributed by atoms with van der Waals surface area (Å²) in [5.74, 6) is -0.211. The monoisotopic (exact) mass is 689 g/mol. The molecule has 49 heavy (non-hydrogen) atoms. The zero-order valence-corrected chi connectivity index (χ0v) is 29.3. The lowest BCUT2D eigenvalue weighted by Gasteiger charge is -2.45. The van der Waals surface area contributed by atoms with E-state index in [0.29, 0.717) is 63.0 Å². The molecule has 0 spiro atoms. The van der Waals surface area contributed by atoms with Gasteiger partial charge in [0.25, 0.3) is 0 Å². The van der Waals surface area contributed by atoms with Crippen LogP contribution in [0, 0.1) is 5.92 Å². The van der Waals surface area contributed by atoms with Crippen LogP contribution in [0.5, 0.6) is 0 Å². The molecule has 1 aliphatic heterocycles. The maximum Gasteiger partial charge on any atom is 0.416 e. The number of aromatic nitrogens is 2. The van der Waals surface area contributed by atoms with Gasteiger partial charge >= 0.3 is 12.3 Å². The largest absolute Gasteiger partial charge is 0.444 e. The lowest BCUT2D eigenvalue weighted by Crippen LogP contribution is -2.59. The van der Waals surface area contributed by atoms with Gasteiger partial charge in [-0.1, -0.05) is 0 Å². The third-order valence-corrected chi connectivity index (χ3v) is 10.2. The molecule has 2 aliphatic carbocycles. The number of anilines is 1. The first-order valence-electron chi connectivity index (χ1n) is 17.4. The second-order valence-corrected chi connectivity index (χ2v) is 15.1. The lowest BCUT2D eigenvalue weighted by molar-refractivity contribution is -0.137. The molecule has 14 heteroatoms. The molecule has 2 heterocycles. The fourth-order valence-electron chi connectivity index (χ4n) is 7.41. The number of alkyl halides is 3. The van der Waals surface area contributed by atoms with Crippen LogP contribution in [0.1, 0.15) is 91.5 Å². The number of halogens is 3. The molecule has 11 nitrogen and oxygen atoms in total. The second-order valence-electron chi connectivity index (χ2n) is 15.1. The van der Waals surface area contributed by atoms with Crippen LogP contribution in [0.4, 0.5) is 23.8 Å². The molecule has 0 unspecified atom stereocenters. The SMILES string of the molecule is CC(C)N(C)[C@@H]1CC[C@H](N2CC[C@H](Nc3ncnc4ccc(C(F)(F)F)cc34)C2=O)[C@H](NC(=O)[C@H]2CC[C@@H](NC(=O)OC(C)(C)C)CC2)C1. The van der Waals surface area contributed by atoms with E-state index in [9.17, 15) is 27.6 Å². The van der Waals surface area contributed by atoms with Crippen molar-refractivity contribution >= 4 is 34.6 Å². The molecule has 1 saturated heterocycles. The minimum atomic E-state index is -4.53. The van der Waals surface area contributed by atoms with Gasteiger partial charge in [0, 0.05) is 36.0 Å². The number of benzene rings is 1. The number of hydrogen-bond donors (Lipinski definition) is 3. The summed E-state index contributed by atoms with van der Waals surface area (Å²) < 4.78 is 45.8. The molecule has 3 fully saturated rings. The molecule has 3 amide bonds. The van der Waals surface area contributed by atoms with Crippen molar-refractivity contribution in [2.24, 2.45) is 5.92 Å². The van der Waals surface area contributed by atoms with Gasteiger partial charge < -0.3 is 30.5 Å². The van der Waals surface area contributed by atoms with Crippen LogP contribution in [-0.2, 0) is 20.5 Å². The standard InChI is InChI=1S/C35H50F3N7O4/c1-20(2)44(6)24-12-14-29(28(18-24)43-31(46)21-7-10-23(11-8-21)41-33(48)49-34(3,4)5)45-16-15-27(32(45)47)42-30-25-17-22(35(36,37)38)9-13-26(25)39-19-40-30/h9,13,17,19-21,23-24,27-29H,7-8,10-12,14-16,18H2,1-6H3,(H,41,48)(H,43,46)(H,39,40,42)/t21-,23+,24-,27+,28-,29+/m1/s1. The summed E-state index contributed by atoms with van der Waals surface area (Å²) >= 11 is 0. The summed E-state index contributed by atoms with van der Waals surface area (Å²) in [5.41, 5.74) is -1.05. The van der Waals surface area contributed by atoms with Gasteiger partial charge in [0.1, 0.15) is 23.8 Å². The quantitative estimate of drug-likeness (QED) is 0.332. The van der Waals surface area contributed by atoms with Crippen molar-refractivity contribution in [2.75, 3.05) is 18.9 Å². The van der Waals surface area contributed by atoms with E-state index in [4.69, 9.17) is 4.74 Å². The smallest absolute Gasteiger partial charge is 0.416 e. The van der Waals surface area contributed by atoms with E-state index < -0.39 is 29.5 Å². The Morgan fingerprint density at radius 3 is 2.37 bits per heavy atom. The highest BCUT2D eigenvalue weighted by molar-refractivity contribution is 5.93. The molecule has 3 N–H and O–H groups in total. The Kier molecular flexibility index (Phi) is 10.9. The van der Waals surface area contributed by atoms with E-state index in [0.717, 1.165) is 18.6 Å². The van der Waals surface area contributed by atoms with Gasteiger partial charge in [-0.05, 0) is 111 Å². The van der Waals surface area contributed by atoms with E-state index in [1.807, 2.05) is 25.7 Å². The van der Waals surface area contributed by atoms with Gasteiger partial charge in [0.05, 0.1) is 23.2 Å². The fraction of sp³-hybridized carbons (Fsp3) is 0.686. The number of amides is 3. The van der Waals surface area contributed by atoms with Crippen molar-refractivity contribution in [3.8, 4) is 0 Å². The van der Waals surface area contributed by atoms with Crippen LogP contribution in [0.2, 0.25) is 0 Å². The van der Waals surface area contributed by atoms with Gasteiger partial charge in [-0.3, -0.25) is 9.59 Å². The fourth-order valence-corrected chi connectivity index (χ4v) is 7.41. The molecular formula is C35H50F3N7O4. The molecule has 3 aliphatic rings. The number of carbonyl (C=O) groups excluding carboxylic acids is 3. The number of rotatable bonds is 8. The second kappa shape index (κ2) is 14.7. The first kappa shape index (κ1) is 36.6. The predicted octanol–water partition coefficient (Wildman–Crippen LogP) is 5.49. The van der Waals surface area contributed by atoms with Gasteiger partial charge in [-0.2, -0.15) is 13.2 Å². The van der Waals surface area contributed by atoms with Crippen molar-refractivity contribution in [1.29, 1.82) is 0 Å². The average molecular weight is 690 g/mol. The van der Waals surface area contributed by atoms with E-state index in [-0.39, 0.29) is 53.1 Å². The summed E-state index contributed by atoms with van der Waals surface area (Å²) in [6.07, 6.45) is 1.63. The molecule has 1 aromatic carbocycles. The Morgan fingerprint density at radius 1 is 1.00 bits per heavy atom. The lowest BCUT2D eigenvalue weighted by atomic mass is 9.82. The van der Waals surface area contributed by atoms with Crippen LogP contribution in [0.15, 0.2) is 24.5 Å². The average Bonchev–Trinajstić information content (AvgIpc) is 3.38. The zero-order chi connectivity index (χ0) is 35.7. The minimum Gasteiger partial charge on any atom is -0.444 e. The van der Waals surface area contributed by atoms with Crippen LogP contribution >= 0.6 is 0 Å². The Bertz CT molecular complexity index is 1510. The molecule has 0 bridgehead atoms. The van der Waals surface area contributed by atoms with Gasteiger partial charge in [0.2, 0.25) is 11.8 Å². The molecule has 2 aromatic rings. The van der Waals surface area contributed by atoms with Crippen LogP contribution in [-0.4, -0.2) is 93.1 Å². The third-order valence-electron chi connectivity index (χ3n) is 10.2. The number of carbonyl (C=O) groups is 3.